The molecule has 0 aromatic heterocycles. The van der Waals surface area contributed by atoms with Crippen molar-refractivity contribution in [3.63, 3.8) is 0 Å². The SMILES string of the molecule is CC.CC.CCC(=O)C(C)[C@@H](CC1CC(C)C(C)C(C)C1)[C@H](C)[C@@H](CC1CC(C)CC(N(C)C)C1)C(C)C[C@@H](C)CNCCN.CCC(C)C. The molecule has 302 valence electrons. The molecule has 2 saturated carbocycles. The number of ketones is 1. The molecule has 11 atom stereocenters. The molecule has 50 heavy (non-hydrogen) atoms. The minimum atomic E-state index is 0.165. The molecule has 2 fully saturated rings. The third kappa shape index (κ3) is 19.6. The van der Waals surface area contributed by atoms with Gasteiger partial charge in [0.05, 0.1) is 0 Å². The van der Waals surface area contributed by atoms with Crippen molar-refractivity contribution < 1.29 is 4.79 Å². The fraction of sp³-hybridized carbons (Fsp3) is 0.978. The third-order valence-corrected chi connectivity index (χ3v) is 13.1. The molecule has 0 radical (unpaired) electrons. The lowest BCUT2D eigenvalue weighted by Gasteiger charge is -2.45. The zero-order chi connectivity index (χ0) is 39.1. The summed E-state index contributed by atoms with van der Waals surface area (Å²) in [4.78, 5) is 15.8. The Labute approximate surface area is 317 Å². The number of carbonyl (C=O) groups is 1. The molecule has 2 rings (SSSR count). The van der Waals surface area contributed by atoms with Gasteiger partial charge in [-0.1, -0.05) is 117 Å². The quantitative estimate of drug-likeness (QED) is 0.139. The molecule has 2 aliphatic rings. The first-order valence-corrected chi connectivity index (χ1v) is 22.2. The van der Waals surface area contributed by atoms with E-state index in [0.29, 0.717) is 54.4 Å². The molecule has 0 heterocycles. The van der Waals surface area contributed by atoms with Crippen molar-refractivity contribution in [3.05, 3.63) is 0 Å². The number of Topliss-reactive ketones (excluding diaryl/α,β-unsaturated/α-hetero) is 1. The van der Waals surface area contributed by atoms with Crippen LogP contribution in [0.25, 0.3) is 0 Å². The van der Waals surface area contributed by atoms with E-state index in [0.717, 1.165) is 54.5 Å². The van der Waals surface area contributed by atoms with Crippen molar-refractivity contribution in [2.24, 2.45) is 82.7 Å². The zero-order valence-electron chi connectivity index (χ0n) is 37.7. The zero-order valence-corrected chi connectivity index (χ0v) is 37.7. The summed E-state index contributed by atoms with van der Waals surface area (Å²) in [5.74, 6) is 9.31. The topological polar surface area (TPSA) is 58.4 Å². The fourth-order valence-corrected chi connectivity index (χ4v) is 9.48. The number of hydrogen-bond donors (Lipinski definition) is 2. The van der Waals surface area contributed by atoms with E-state index in [2.05, 4.69) is 107 Å². The number of nitrogens with one attached hydrogen (secondary N) is 1. The Hall–Kier alpha value is -0.450. The predicted octanol–water partition coefficient (Wildman–Crippen LogP) is 12.3. The van der Waals surface area contributed by atoms with Crippen molar-refractivity contribution in [3.8, 4) is 0 Å². The number of carbonyl (C=O) groups excluding carboxylic acids is 1. The molecule has 0 aromatic rings. The molecule has 4 heteroatoms. The molecule has 2 aliphatic carbocycles. The second-order valence-corrected chi connectivity index (χ2v) is 17.8. The first-order valence-electron chi connectivity index (χ1n) is 22.2. The minimum absolute atomic E-state index is 0.165. The molecule has 7 unspecified atom stereocenters. The second-order valence-electron chi connectivity index (χ2n) is 17.8. The third-order valence-electron chi connectivity index (χ3n) is 13.1. The van der Waals surface area contributed by atoms with E-state index in [1.54, 1.807) is 0 Å². The van der Waals surface area contributed by atoms with Gasteiger partial charge in [-0.3, -0.25) is 4.79 Å². The molecule has 3 N–H and O–H groups in total. The highest BCUT2D eigenvalue weighted by atomic mass is 16.1. The van der Waals surface area contributed by atoms with Gasteiger partial charge in [0.2, 0.25) is 0 Å². The summed E-state index contributed by atoms with van der Waals surface area (Å²) in [6.07, 6.45) is 12.5. The highest BCUT2D eigenvalue weighted by Crippen LogP contribution is 2.47. The van der Waals surface area contributed by atoms with Gasteiger partial charge in [-0.15, -0.1) is 0 Å². The van der Waals surface area contributed by atoms with E-state index in [-0.39, 0.29) is 5.92 Å². The van der Waals surface area contributed by atoms with Gasteiger partial charge in [0.15, 0.2) is 0 Å². The smallest absolute Gasteiger partial charge is 0.135 e. The van der Waals surface area contributed by atoms with Crippen LogP contribution in [0.5, 0.6) is 0 Å². The highest BCUT2D eigenvalue weighted by molar-refractivity contribution is 5.80. The monoisotopic (exact) mass is 708 g/mol. The summed E-state index contributed by atoms with van der Waals surface area (Å²) in [5, 5.41) is 3.57. The average molecular weight is 708 g/mol. The van der Waals surface area contributed by atoms with Crippen molar-refractivity contribution in [1.82, 2.24) is 10.2 Å². The minimum Gasteiger partial charge on any atom is -0.329 e. The fourth-order valence-electron chi connectivity index (χ4n) is 9.48. The molecule has 0 spiro atoms. The summed E-state index contributed by atoms with van der Waals surface area (Å²) in [7, 11) is 4.55. The van der Waals surface area contributed by atoms with Gasteiger partial charge >= 0.3 is 0 Å². The Morgan fingerprint density at radius 1 is 0.780 bits per heavy atom. The molecule has 0 aliphatic heterocycles. The van der Waals surface area contributed by atoms with Crippen molar-refractivity contribution in [2.75, 3.05) is 33.7 Å². The van der Waals surface area contributed by atoms with Crippen LogP contribution in [0.15, 0.2) is 0 Å². The molecule has 4 nitrogen and oxygen atoms in total. The lowest BCUT2D eigenvalue weighted by molar-refractivity contribution is -0.125. The van der Waals surface area contributed by atoms with Crippen LogP contribution in [0.1, 0.15) is 175 Å². The standard InChI is InChI=1S/C37H73N3O.C5H12.2C2H6/c1-12-37(41)31(9)36(22-33-18-26(4)29(7)27(5)19-33)30(8)35(28(6)15-25(3)23-39-14-13-38)21-32-16-24(2)17-34(20-32)40(10)11;1-4-5(2)3;2*1-2/h24-36,39H,12-23,38H2,1-11H3;5H,4H2,1-3H3;2*1-2H3/t24?,25-,26?,27?,28?,29?,30-,31?,32?,33?,34?,35+,36+;;;/m1.../s1. The first-order chi connectivity index (χ1) is 23.6. The van der Waals surface area contributed by atoms with E-state index in [9.17, 15) is 4.79 Å². The van der Waals surface area contributed by atoms with Gasteiger partial charge in [0.1, 0.15) is 5.78 Å². The van der Waals surface area contributed by atoms with Crippen molar-refractivity contribution in [2.45, 2.75) is 181 Å². The van der Waals surface area contributed by atoms with E-state index in [4.69, 9.17) is 5.73 Å². The lowest BCUT2D eigenvalue weighted by Crippen LogP contribution is -2.40. The molecule has 0 aromatic carbocycles. The molecule has 0 bridgehead atoms. The maximum absolute atomic E-state index is 13.3. The highest BCUT2D eigenvalue weighted by Gasteiger charge is 2.40. The van der Waals surface area contributed by atoms with Gasteiger partial charge in [0, 0.05) is 31.5 Å². The van der Waals surface area contributed by atoms with Crippen LogP contribution in [0.4, 0.5) is 0 Å². The summed E-state index contributed by atoms with van der Waals surface area (Å²) in [6.45, 7) is 39.1. The van der Waals surface area contributed by atoms with Gasteiger partial charge in [-0.2, -0.15) is 0 Å². The van der Waals surface area contributed by atoms with Crippen LogP contribution in [0.2, 0.25) is 0 Å². The normalized spacial score (nSPS) is 28.8. The lowest BCUT2D eigenvalue weighted by atomic mass is 9.61. The van der Waals surface area contributed by atoms with Crippen LogP contribution >= 0.6 is 0 Å². The van der Waals surface area contributed by atoms with Crippen LogP contribution in [0.3, 0.4) is 0 Å². The van der Waals surface area contributed by atoms with Gasteiger partial charge in [-0.05, 0) is 143 Å². The Morgan fingerprint density at radius 3 is 1.74 bits per heavy atom. The summed E-state index contributed by atoms with van der Waals surface area (Å²) in [6, 6.07) is 0.706. The van der Waals surface area contributed by atoms with Crippen LogP contribution in [-0.4, -0.2) is 50.5 Å². The van der Waals surface area contributed by atoms with E-state index < -0.39 is 0 Å². The molecule has 0 saturated heterocycles. The maximum atomic E-state index is 13.3. The van der Waals surface area contributed by atoms with Crippen LogP contribution in [-0.2, 0) is 4.79 Å². The molecular weight excluding hydrogens is 611 g/mol. The average Bonchev–Trinajstić information content (AvgIpc) is 3.09. The predicted molar refractivity (Wildman–Crippen MR) is 227 cm³/mol. The van der Waals surface area contributed by atoms with Gasteiger partial charge in [0.25, 0.3) is 0 Å². The first kappa shape index (κ1) is 51.7. The number of nitrogens with zero attached hydrogens (tertiary/aromatic N) is 1. The van der Waals surface area contributed by atoms with E-state index >= 15 is 0 Å². The Bertz CT molecular complexity index is 786. The van der Waals surface area contributed by atoms with Crippen molar-refractivity contribution in [1.29, 1.82) is 0 Å². The number of hydrogen-bond acceptors (Lipinski definition) is 4. The largest absolute Gasteiger partial charge is 0.329 e. The Morgan fingerprint density at radius 2 is 1.28 bits per heavy atom. The second kappa shape index (κ2) is 29.0. The van der Waals surface area contributed by atoms with Gasteiger partial charge < -0.3 is 16.0 Å². The van der Waals surface area contributed by atoms with Crippen LogP contribution < -0.4 is 11.1 Å². The van der Waals surface area contributed by atoms with Crippen molar-refractivity contribution >= 4 is 5.78 Å². The Kier molecular flexibility index (Phi) is 29.9. The number of rotatable bonds is 18. The summed E-state index contributed by atoms with van der Waals surface area (Å²) >= 11 is 0. The Balaban J connectivity index is 0. The number of nitrogens with two attached hydrogens (primary N) is 1. The molecule has 0 amide bonds. The van der Waals surface area contributed by atoms with E-state index in [1.807, 2.05) is 27.7 Å². The molecular formula is C46H97N3O. The summed E-state index contributed by atoms with van der Waals surface area (Å²) in [5.41, 5.74) is 5.76. The summed E-state index contributed by atoms with van der Waals surface area (Å²) < 4.78 is 0. The maximum Gasteiger partial charge on any atom is 0.135 e. The van der Waals surface area contributed by atoms with Crippen LogP contribution in [0, 0.1) is 76.9 Å². The van der Waals surface area contributed by atoms with E-state index in [1.165, 1.54) is 57.8 Å². The van der Waals surface area contributed by atoms with Gasteiger partial charge in [-0.25, -0.2) is 0 Å².